The minimum absolute atomic E-state index is 0.0812. The summed E-state index contributed by atoms with van der Waals surface area (Å²) >= 11 is 0. The number of fused-ring (bicyclic) bond motifs is 1. The molecule has 0 spiro atoms. The van der Waals surface area contributed by atoms with Crippen molar-refractivity contribution in [3.63, 3.8) is 0 Å². The number of carbonyl (C=O) groups excluding carboxylic acids is 1. The number of benzene rings is 1. The van der Waals surface area contributed by atoms with Gasteiger partial charge in [-0.05, 0) is 26.1 Å². The standard InChI is InChI=1S/C16H21N3O2/c1-11(9-15(17)20)19(2)10-13-8-7-12-5-4-6-14(21-3)16(12)18-13/h4-8,11H,9-10H2,1-3H3,(H2,17,20). The highest BCUT2D eigenvalue weighted by atomic mass is 16.5. The molecule has 2 aromatic rings. The summed E-state index contributed by atoms with van der Waals surface area (Å²) in [6, 6.07) is 9.97. The molecule has 1 aromatic carbocycles. The van der Waals surface area contributed by atoms with Gasteiger partial charge in [-0.3, -0.25) is 9.69 Å². The molecule has 0 fully saturated rings. The molecular formula is C16H21N3O2. The van der Waals surface area contributed by atoms with Crippen molar-refractivity contribution >= 4 is 16.8 Å². The zero-order valence-corrected chi connectivity index (χ0v) is 12.7. The molecule has 1 unspecified atom stereocenters. The number of carbonyl (C=O) groups is 1. The van der Waals surface area contributed by atoms with Crippen molar-refractivity contribution in [2.75, 3.05) is 14.2 Å². The van der Waals surface area contributed by atoms with Gasteiger partial charge in [0.1, 0.15) is 11.3 Å². The van der Waals surface area contributed by atoms with Crippen molar-refractivity contribution in [3.8, 4) is 5.75 Å². The molecule has 5 heteroatoms. The van der Waals surface area contributed by atoms with Gasteiger partial charge in [0, 0.05) is 24.4 Å². The highest BCUT2D eigenvalue weighted by Gasteiger charge is 2.13. The number of primary amides is 1. The van der Waals surface area contributed by atoms with Gasteiger partial charge >= 0.3 is 0 Å². The molecule has 21 heavy (non-hydrogen) atoms. The molecule has 1 amide bonds. The lowest BCUT2D eigenvalue weighted by molar-refractivity contribution is -0.119. The molecular weight excluding hydrogens is 266 g/mol. The van der Waals surface area contributed by atoms with Crippen molar-refractivity contribution in [3.05, 3.63) is 36.0 Å². The second-order valence-corrected chi connectivity index (χ2v) is 5.27. The Hall–Kier alpha value is -2.14. The molecule has 0 saturated heterocycles. The Kier molecular flexibility index (Phi) is 4.75. The van der Waals surface area contributed by atoms with Gasteiger partial charge in [0.25, 0.3) is 0 Å². The smallest absolute Gasteiger partial charge is 0.218 e. The number of pyridine rings is 1. The topological polar surface area (TPSA) is 68.5 Å². The van der Waals surface area contributed by atoms with Crippen LogP contribution in [-0.2, 0) is 11.3 Å². The van der Waals surface area contributed by atoms with Crippen LogP contribution in [0.15, 0.2) is 30.3 Å². The highest BCUT2D eigenvalue weighted by Crippen LogP contribution is 2.23. The predicted molar refractivity (Wildman–Crippen MR) is 83.0 cm³/mol. The van der Waals surface area contributed by atoms with Gasteiger partial charge in [-0.25, -0.2) is 4.98 Å². The molecule has 0 aliphatic heterocycles. The fourth-order valence-corrected chi connectivity index (χ4v) is 2.27. The first kappa shape index (κ1) is 15.3. The van der Waals surface area contributed by atoms with Crippen LogP contribution in [0.4, 0.5) is 0 Å². The first-order valence-electron chi connectivity index (χ1n) is 6.92. The number of amides is 1. The molecule has 1 atom stereocenters. The van der Waals surface area contributed by atoms with E-state index in [2.05, 4.69) is 9.88 Å². The Morgan fingerprint density at radius 1 is 1.38 bits per heavy atom. The van der Waals surface area contributed by atoms with E-state index >= 15 is 0 Å². The maximum Gasteiger partial charge on any atom is 0.218 e. The van der Waals surface area contributed by atoms with Crippen LogP contribution in [0.25, 0.3) is 10.9 Å². The fraction of sp³-hybridized carbons (Fsp3) is 0.375. The number of aromatic nitrogens is 1. The molecule has 5 nitrogen and oxygen atoms in total. The maximum absolute atomic E-state index is 11.0. The normalized spacial score (nSPS) is 12.6. The van der Waals surface area contributed by atoms with Crippen molar-refractivity contribution in [1.82, 2.24) is 9.88 Å². The van der Waals surface area contributed by atoms with Gasteiger partial charge in [-0.1, -0.05) is 18.2 Å². The van der Waals surface area contributed by atoms with Crippen LogP contribution >= 0.6 is 0 Å². The summed E-state index contributed by atoms with van der Waals surface area (Å²) in [6.45, 7) is 2.63. The predicted octanol–water partition coefficient (Wildman–Crippen LogP) is 1.94. The summed E-state index contributed by atoms with van der Waals surface area (Å²) in [7, 11) is 3.60. The Morgan fingerprint density at radius 2 is 2.14 bits per heavy atom. The summed E-state index contributed by atoms with van der Waals surface area (Å²) in [6.07, 6.45) is 0.341. The monoisotopic (exact) mass is 287 g/mol. The van der Waals surface area contributed by atoms with Crippen LogP contribution in [0, 0.1) is 0 Å². The van der Waals surface area contributed by atoms with Crippen LogP contribution in [-0.4, -0.2) is 36.0 Å². The van der Waals surface area contributed by atoms with Crippen LogP contribution in [0.5, 0.6) is 5.75 Å². The Morgan fingerprint density at radius 3 is 2.81 bits per heavy atom. The number of rotatable bonds is 6. The quantitative estimate of drug-likeness (QED) is 0.881. The molecule has 0 bridgehead atoms. The minimum Gasteiger partial charge on any atom is -0.494 e. The van der Waals surface area contributed by atoms with Gasteiger partial charge in [0.2, 0.25) is 5.91 Å². The summed E-state index contributed by atoms with van der Waals surface area (Å²) in [5.41, 5.74) is 7.03. The van der Waals surface area contributed by atoms with Gasteiger partial charge < -0.3 is 10.5 Å². The van der Waals surface area contributed by atoms with E-state index in [-0.39, 0.29) is 11.9 Å². The lowest BCUT2D eigenvalue weighted by Gasteiger charge is -2.23. The summed E-state index contributed by atoms with van der Waals surface area (Å²) in [4.78, 5) is 17.7. The summed E-state index contributed by atoms with van der Waals surface area (Å²) in [5.74, 6) is 0.477. The lowest BCUT2D eigenvalue weighted by atomic mass is 10.1. The average Bonchev–Trinajstić information content (AvgIpc) is 2.45. The van der Waals surface area contributed by atoms with Gasteiger partial charge in [-0.2, -0.15) is 0 Å². The van der Waals surface area contributed by atoms with E-state index in [0.717, 1.165) is 22.3 Å². The van der Waals surface area contributed by atoms with Crippen LogP contribution < -0.4 is 10.5 Å². The van der Waals surface area contributed by atoms with Crippen molar-refractivity contribution in [2.24, 2.45) is 5.73 Å². The number of para-hydroxylation sites is 1. The molecule has 0 saturated carbocycles. The van der Waals surface area contributed by atoms with Crippen LogP contribution in [0.2, 0.25) is 0 Å². The van der Waals surface area contributed by atoms with Gasteiger partial charge in [-0.15, -0.1) is 0 Å². The van der Waals surface area contributed by atoms with Crippen LogP contribution in [0.1, 0.15) is 19.0 Å². The lowest BCUT2D eigenvalue weighted by Crippen LogP contribution is -2.32. The largest absolute Gasteiger partial charge is 0.494 e. The molecule has 0 radical (unpaired) electrons. The number of ether oxygens (including phenoxy) is 1. The molecule has 2 rings (SSSR count). The van der Waals surface area contributed by atoms with Crippen LogP contribution in [0.3, 0.4) is 0 Å². The van der Waals surface area contributed by atoms with Gasteiger partial charge in [0.05, 0.1) is 12.8 Å². The third-order valence-corrected chi connectivity index (χ3v) is 3.62. The van der Waals surface area contributed by atoms with E-state index in [1.165, 1.54) is 0 Å². The zero-order valence-electron chi connectivity index (χ0n) is 12.7. The third kappa shape index (κ3) is 3.70. The van der Waals surface area contributed by atoms with Crippen molar-refractivity contribution in [1.29, 1.82) is 0 Å². The molecule has 112 valence electrons. The molecule has 1 aromatic heterocycles. The number of nitrogens with two attached hydrogens (primary N) is 1. The van der Waals surface area contributed by atoms with E-state index in [1.807, 2.05) is 44.3 Å². The summed E-state index contributed by atoms with van der Waals surface area (Å²) < 4.78 is 5.35. The second kappa shape index (κ2) is 6.54. The van der Waals surface area contributed by atoms with E-state index in [4.69, 9.17) is 10.5 Å². The average molecular weight is 287 g/mol. The Bertz CT molecular complexity index is 642. The molecule has 2 N–H and O–H groups in total. The Balaban J connectivity index is 2.21. The Labute approximate surface area is 124 Å². The SMILES string of the molecule is COc1cccc2ccc(CN(C)C(C)CC(N)=O)nc12. The minimum atomic E-state index is -0.289. The van der Waals surface area contributed by atoms with E-state index in [9.17, 15) is 4.79 Å². The number of methoxy groups -OCH3 is 1. The third-order valence-electron chi connectivity index (χ3n) is 3.62. The molecule has 0 aliphatic rings. The first-order valence-corrected chi connectivity index (χ1v) is 6.92. The molecule has 0 aliphatic carbocycles. The fourth-order valence-electron chi connectivity index (χ4n) is 2.27. The van der Waals surface area contributed by atoms with E-state index in [1.54, 1.807) is 7.11 Å². The summed E-state index contributed by atoms with van der Waals surface area (Å²) in [5, 5.41) is 1.05. The second-order valence-electron chi connectivity index (χ2n) is 5.27. The first-order chi connectivity index (χ1) is 10.0. The van der Waals surface area contributed by atoms with Crippen molar-refractivity contribution < 1.29 is 9.53 Å². The zero-order chi connectivity index (χ0) is 15.4. The highest BCUT2D eigenvalue weighted by molar-refractivity contribution is 5.84. The van der Waals surface area contributed by atoms with E-state index < -0.39 is 0 Å². The number of hydrogen-bond donors (Lipinski definition) is 1. The molecule has 1 heterocycles. The van der Waals surface area contributed by atoms with Gasteiger partial charge in [0.15, 0.2) is 0 Å². The maximum atomic E-state index is 11.0. The number of nitrogens with zero attached hydrogens (tertiary/aromatic N) is 2. The number of hydrogen-bond acceptors (Lipinski definition) is 4. The van der Waals surface area contributed by atoms with E-state index in [0.29, 0.717) is 13.0 Å². The van der Waals surface area contributed by atoms with Crippen molar-refractivity contribution in [2.45, 2.75) is 25.9 Å².